The predicted octanol–water partition coefficient (Wildman–Crippen LogP) is 2.27. The molecule has 0 bridgehead atoms. The third-order valence-electron chi connectivity index (χ3n) is 3.57. The first kappa shape index (κ1) is 13.1. The van der Waals surface area contributed by atoms with Crippen LogP contribution in [0.3, 0.4) is 0 Å². The third-order valence-corrected chi connectivity index (χ3v) is 3.57. The summed E-state index contributed by atoms with van der Waals surface area (Å²) in [5.74, 6) is 1.93. The van der Waals surface area contributed by atoms with Gasteiger partial charge in [0.15, 0.2) is 0 Å². The van der Waals surface area contributed by atoms with E-state index in [0.717, 1.165) is 44.7 Å². The van der Waals surface area contributed by atoms with E-state index in [2.05, 4.69) is 10.2 Å². The molecular weight excluding hydrogens is 230 g/mol. The Balaban J connectivity index is 2.05. The van der Waals surface area contributed by atoms with Crippen molar-refractivity contribution in [1.82, 2.24) is 15.1 Å². The summed E-state index contributed by atoms with van der Waals surface area (Å²) >= 11 is 0. The lowest BCUT2D eigenvalue weighted by atomic mass is 9.98. The Morgan fingerprint density at radius 2 is 2.17 bits per heavy atom. The number of aromatic nitrogens is 2. The summed E-state index contributed by atoms with van der Waals surface area (Å²) in [5.41, 5.74) is 0. The second-order valence-electron chi connectivity index (χ2n) is 4.86. The minimum absolute atomic E-state index is 0.278. The summed E-state index contributed by atoms with van der Waals surface area (Å²) in [6.07, 6.45) is 4.63. The van der Waals surface area contributed by atoms with Crippen LogP contribution in [0, 0.1) is 6.92 Å². The highest BCUT2D eigenvalue weighted by Crippen LogP contribution is 2.26. The molecule has 0 N–H and O–H groups in total. The van der Waals surface area contributed by atoms with Gasteiger partial charge in [0.2, 0.25) is 17.7 Å². The zero-order chi connectivity index (χ0) is 13.0. The van der Waals surface area contributed by atoms with E-state index in [1.807, 2.05) is 18.7 Å². The van der Waals surface area contributed by atoms with Crippen molar-refractivity contribution >= 4 is 5.91 Å². The second-order valence-corrected chi connectivity index (χ2v) is 4.86. The SMILES string of the molecule is CCN1CCC(c2nnc(C)o2)CCCCC1=O. The number of carbonyl (C=O) groups is 1. The van der Waals surface area contributed by atoms with Crippen molar-refractivity contribution in [2.45, 2.75) is 51.9 Å². The van der Waals surface area contributed by atoms with Gasteiger partial charge < -0.3 is 9.32 Å². The normalized spacial score (nSPS) is 22.4. The van der Waals surface area contributed by atoms with Crippen LogP contribution in [0.5, 0.6) is 0 Å². The number of aryl methyl sites for hydroxylation is 1. The molecule has 1 fully saturated rings. The largest absolute Gasteiger partial charge is 0.425 e. The van der Waals surface area contributed by atoms with Crippen LogP contribution in [-0.4, -0.2) is 34.1 Å². The van der Waals surface area contributed by atoms with Gasteiger partial charge in [-0.05, 0) is 26.2 Å². The maximum Gasteiger partial charge on any atom is 0.222 e. The lowest BCUT2D eigenvalue weighted by molar-refractivity contribution is -0.131. The molecule has 0 radical (unpaired) electrons. The molecule has 1 saturated heterocycles. The molecule has 2 rings (SSSR count). The Bertz CT molecular complexity index is 403. The maximum absolute atomic E-state index is 11.9. The van der Waals surface area contributed by atoms with E-state index in [1.165, 1.54) is 0 Å². The first-order valence-corrected chi connectivity index (χ1v) is 6.78. The van der Waals surface area contributed by atoms with Gasteiger partial charge in [0.1, 0.15) is 0 Å². The van der Waals surface area contributed by atoms with Crippen LogP contribution in [0.25, 0.3) is 0 Å². The van der Waals surface area contributed by atoms with Gasteiger partial charge in [-0.1, -0.05) is 6.42 Å². The molecule has 5 heteroatoms. The van der Waals surface area contributed by atoms with Crippen LogP contribution < -0.4 is 0 Å². The van der Waals surface area contributed by atoms with Crippen molar-refractivity contribution in [2.75, 3.05) is 13.1 Å². The summed E-state index contributed by atoms with van der Waals surface area (Å²) in [4.78, 5) is 13.8. The van der Waals surface area contributed by atoms with Crippen molar-refractivity contribution in [2.24, 2.45) is 0 Å². The lowest BCUT2D eigenvalue weighted by Gasteiger charge is -2.21. The molecule has 1 aromatic rings. The Morgan fingerprint density at radius 1 is 1.33 bits per heavy atom. The molecule has 1 aromatic heterocycles. The fraction of sp³-hybridized carbons (Fsp3) is 0.769. The second kappa shape index (κ2) is 5.98. The number of amides is 1. The van der Waals surface area contributed by atoms with Crippen molar-refractivity contribution in [3.8, 4) is 0 Å². The molecule has 2 heterocycles. The molecule has 1 aliphatic rings. The summed E-state index contributed by atoms with van der Waals surface area (Å²) in [5, 5.41) is 8.02. The van der Waals surface area contributed by atoms with Crippen molar-refractivity contribution in [3.63, 3.8) is 0 Å². The Morgan fingerprint density at radius 3 is 2.83 bits per heavy atom. The van der Waals surface area contributed by atoms with E-state index in [1.54, 1.807) is 0 Å². The first-order valence-electron chi connectivity index (χ1n) is 6.78. The monoisotopic (exact) mass is 251 g/mol. The summed E-state index contributed by atoms with van der Waals surface area (Å²) in [6, 6.07) is 0. The number of rotatable bonds is 2. The van der Waals surface area contributed by atoms with Crippen molar-refractivity contribution < 1.29 is 9.21 Å². The van der Waals surface area contributed by atoms with Gasteiger partial charge >= 0.3 is 0 Å². The Labute approximate surface area is 108 Å². The standard InChI is InChI=1S/C13H21N3O2/c1-3-16-9-8-11(6-4-5-7-12(16)17)13-15-14-10(2)18-13/h11H,3-9H2,1-2H3. The Kier molecular flexibility index (Phi) is 4.33. The van der Waals surface area contributed by atoms with Crippen LogP contribution >= 0.6 is 0 Å². The zero-order valence-electron chi connectivity index (χ0n) is 11.2. The van der Waals surface area contributed by atoms with Gasteiger partial charge in [-0.25, -0.2) is 0 Å². The molecule has 0 spiro atoms. The van der Waals surface area contributed by atoms with Gasteiger partial charge in [-0.3, -0.25) is 4.79 Å². The van der Waals surface area contributed by atoms with Crippen LogP contribution in [0.1, 0.15) is 56.7 Å². The molecule has 18 heavy (non-hydrogen) atoms. The topological polar surface area (TPSA) is 59.2 Å². The van der Waals surface area contributed by atoms with Gasteiger partial charge in [0.25, 0.3) is 0 Å². The molecule has 0 aromatic carbocycles. The van der Waals surface area contributed by atoms with Crippen LogP contribution in [0.15, 0.2) is 4.42 Å². The molecule has 0 saturated carbocycles. The fourth-order valence-electron chi connectivity index (χ4n) is 2.46. The van der Waals surface area contributed by atoms with Gasteiger partial charge in [-0.15, -0.1) is 10.2 Å². The third kappa shape index (κ3) is 3.09. The van der Waals surface area contributed by atoms with E-state index < -0.39 is 0 Å². The minimum atomic E-state index is 0.278. The highest BCUT2D eigenvalue weighted by atomic mass is 16.4. The van der Waals surface area contributed by atoms with Crippen molar-refractivity contribution in [1.29, 1.82) is 0 Å². The fourth-order valence-corrected chi connectivity index (χ4v) is 2.46. The minimum Gasteiger partial charge on any atom is -0.425 e. The van der Waals surface area contributed by atoms with Crippen LogP contribution in [0.2, 0.25) is 0 Å². The molecular formula is C13H21N3O2. The average molecular weight is 251 g/mol. The van der Waals surface area contributed by atoms with Crippen LogP contribution in [-0.2, 0) is 4.79 Å². The Hall–Kier alpha value is -1.39. The summed E-state index contributed by atoms with van der Waals surface area (Å²) < 4.78 is 5.53. The average Bonchev–Trinajstić information content (AvgIpc) is 2.80. The van der Waals surface area contributed by atoms with Crippen molar-refractivity contribution in [3.05, 3.63) is 11.8 Å². The highest BCUT2D eigenvalue weighted by Gasteiger charge is 2.22. The highest BCUT2D eigenvalue weighted by molar-refractivity contribution is 5.76. The number of hydrogen-bond acceptors (Lipinski definition) is 4. The van der Waals surface area contributed by atoms with E-state index in [0.29, 0.717) is 18.2 Å². The van der Waals surface area contributed by atoms with Crippen LogP contribution in [0.4, 0.5) is 0 Å². The number of carbonyl (C=O) groups excluding carboxylic acids is 1. The predicted molar refractivity (Wildman–Crippen MR) is 67.1 cm³/mol. The maximum atomic E-state index is 11.9. The quantitative estimate of drug-likeness (QED) is 0.809. The van der Waals surface area contributed by atoms with E-state index in [9.17, 15) is 4.79 Å². The zero-order valence-corrected chi connectivity index (χ0v) is 11.2. The molecule has 1 amide bonds. The number of nitrogens with zero attached hydrogens (tertiary/aromatic N) is 3. The molecule has 1 unspecified atom stereocenters. The molecule has 100 valence electrons. The first-order chi connectivity index (χ1) is 8.70. The number of hydrogen-bond donors (Lipinski definition) is 0. The van der Waals surface area contributed by atoms with E-state index in [-0.39, 0.29) is 5.91 Å². The molecule has 5 nitrogen and oxygen atoms in total. The smallest absolute Gasteiger partial charge is 0.222 e. The van der Waals surface area contributed by atoms with E-state index >= 15 is 0 Å². The molecule has 1 atom stereocenters. The van der Waals surface area contributed by atoms with E-state index in [4.69, 9.17) is 4.42 Å². The molecule has 1 aliphatic heterocycles. The lowest BCUT2D eigenvalue weighted by Crippen LogP contribution is -2.31. The molecule has 0 aliphatic carbocycles. The van der Waals surface area contributed by atoms with Gasteiger partial charge in [0, 0.05) is 32.4 Å². The summed E-state index contributed by atoms with van der Waals surface area (Å²) in [6.45, 7) is 5.42. The van der Waals surface area contributed by atoms with Gasteiger partial charge in [-0.2, -0.15) is 0 Å². The summed E-state index contributed by atoms with van der Waals surface area (Å²) in [7, 11) is 0. The van der Waals surface area contributed by atoms with Gasteiger partial charge in [0.05, 0.1) is 0 Å².